The van der Waals surface area contributed by atoms with Gasteiger partial charge in [-0.3, -0.25) is 14.4 Å². The SMILES string of the molecule is COCCCNC(=O)[C@@H]1CC(=O)N(c2ccc(OCC(=O)NCc3ccccc3)cc2)C1. The van der Waals surface area contributed by atoms with Crippen LogP contribution >= 0.6 is 0 Å². The van der Waals surface area contributed by atoms with Crippen LogP contribution in [0.4, 0.5) is 5.69 Å². The molecule has 2 N–H and O–H groups in total. The molecule has 32 heavy (non-hydrogen) atoms. The van der Waals surface area contributed by atoms with Crippen LogP contribution in [-0.2, 0) is 25.7 Å². The van der Waals surface area contributed by atoms with Crippen molar-refractivity contribution in [3.05, 3.63) is 60.2 Å². The van der Waals surface area contributed by atoms with Crippen molar-refractivity contribution in [3.63, 3.8) is 0 Å². The maximum absolute atomic E-state index is 12.4. The number of hydrogen-bond acceptors (Lipinski definition) is 5. The second-order valence-electron chi connectivity index (χ2n) is 7.59. The summed E-state index contributed by atoms with van der Waals surface area (Å²) in [7, 11) is 1.62. The Kier molecular flexibility index (Phi) is 8.62. The van der Waals surface area contributed by atoms with E-state index in [1.807, 2.05) is 30.3 Å². The molecule has 1 aliphatic heterocycles. The van der Waals surface area contributed by atoms with Gasteiger partial charge in [0.1, 0.15) is 5.75 Å². The van der Waals surface area contributed by atoms with Crippen molar-refractivity contribution in [2.45, 2.75) is 19.4 Å². The third kappa shape index (κ3) is 6.81. The minimum absolute atomic E-state index is 0.0870. The van der Waals surface area contributed by atoms with Crippen LogP contribution in [0.3, 0.4) is 0 Å². The van der Waals surface area contributed by atoms with E-state index in [-0.39, 0.29) is 36.7 Å². The van der Waals surface area contributed by atoms with Crippen molar-refractivity contribution in [3.8, 4) is 5.75 Å². The molecule has 3 amide bonds. The third-order valence-corrected chi connectivity index (χ3v) is 5.17. The maximum Gasteiger partial charge on any atom is 0.258 e. The first-order valence-corrected chi connectivity index (χ1v) is 10.7. The van der Waals surface area contributed by atoms with Gasteiger partial charge in [0.25, 0.3) is 5.91 Å². The standard InChI is InChI=1S/C24H29N3O5/c1-31-13-5-12-25-24(30)19-14-23(29)27(16-19)20-8-10-21(11-9-20)32-17-22(28)26-15-18-6-3-2-4-7-18/h2-4,6-11,19H,5,12-17H2,1H3,(H,25,30)(H,26,28)/t19-/m1/s1. The quantitative estimate of drug-likeness (QED) is 0.521. The van der Waals surface area contributed by atoms with Crippen molar-refractivity contribution in [2.24, 2.45) is 5.92 Å². The van der Waals surface area contributed by atoms with E-state index in [1.165, 1.54) is 0 Å². The van der Waals surface area contributed by atoms with Crippen molar-refractivity contribution < 1.29 is 23.9 Å². The zero-order valence-electron chi connectivity index (χ0n) is 18.2. The van der Waals surface area contributed by atoms with Crippen molar-refractivity contribution in [2.75, 3.05) is 38.3 Å². The molecule has 8 heteroatoms. The van der Waals surface area contributed by atoms with Crippen LogP contribution in [0.2, 0.25) is 0 Å². The van der Waals surface area contributed by atoms with Crippen molar-refractivity contribution in [1.29, 1.82) is 0 Å². The number of carbonyl (C=O) groups excluding carboxylic acids is 3. The molecular weight excluding hydrogens is 410 g/mol. The molecule has 0 saturated carbocycles. The minimum atomic E-state index is -0.366. The molecule has 0 aromatic heterocycles. The highest BCUT2D eigenvalue weighted by molar-refractivity contribution is 6.00. The highest BCUT2D eigenvalue weighted by Crippen LogP contribution is 2.27. The second-order valence-corrected chi connectivity index (χ2v) is 7.59. The number of benzene rings is 2. The molecule has 3 rings (SSSR count). The maximum atomic E-state index is 12.4. The summed E-state index contributed by atoms with van der Waals surface area (Å²) in [6, 6.07) is 16.6. The van der Waals surface area contributed by atoms with E-state index in [1.54, 1.807) is 36.3 Å². The van der Waals surface area contributed by atoms with Crippen LogP contribution in [0.5, 0.6) is 5.75 Å². The molecule has 1 atom stereocenters. The van der Waals surface area contributed by atoms with Crippen LogP contribution in [0.1, 0.15) is 18.4 Å². The molecule has 1 saturated heterocycles. The van der Waals surface area contributed by atoms with Gasteiger partial charge in [-0.25, -0.2) is 0 Å². The van der Waals surface area contributed by atoms with Gasteiger partial charge < -0.3 is 25.0 Å². The van der Waals surface area contributed by atoms with Crippen LogP contribution < -0.4 is 20.3 Å². The smallest absolute Gasteiger partial charge is 0.258 e. The molecule has 1 heterocycles. The number of carbonyl (C=O) groups is 3. The van der Waals surface area contributed by atoms with Crippen molar-refractivity contribution in [1.82, 2.24) is 10.6 Å². The lowest BCUT2D eigenvalue weighted by atomic mass is 10.1. The van der Waals surface area contributed by atoms with Gasteiger partial charge in [0, 0.05) is 45.5 Å². The molecule has 0 aliphatic carbocycles. The summed E-state index contributed by atoms with van der Waals surface area (Å²) in [5.41, 5.74) is 1.72. The van der Waals surface area contributed by atoms with Gasteiger partial charge in [-0.15, -0.1) is 0 Å². The largest absolute Gasteiger partial charge is 0.484 e. The lowest BCUT2D eigenvalue weighted by Crippen LogP contribution is -2.33. The van der Waals surface area contributed by atoms with E-state index in [2.05, 4.69) is 10.6 Å². The third-order valence-electron chi connectivity index (χ3n) is 5.17. The molecule has 0 spiro atoms. The van der Waals surface area contributed by atoms with Crippen LogP contribution in [0.25, 0.3) is 0 Å². The number of ether oxygens (including phenoxy) is 2. The normalized spacial score (nSPS) is 15.5. The highest BCUT2D eigenvalue weighted by atomic mass is 16.5. The van der Waals surface area contributed by atoms with E-state index in [0.717, 1.165) is 12.0 Å². The summed E-state index contributed by atoms with van der Waals surface area (Å²) < 4.78 is 10.5. The molecule has 2 aromatic rings. The molecule has 1 aliphatic rings. The predicted molar refractivity (Wildman–Crippen MR) is 120 cm³/mol. The van der Waals surface area contributed by atoms with Crippen LogP contribution in [0, 0.1) is 5.92 Å². The number of nitrogens with zero attached hydrogens (tertiary/aromatic N) is 1. The van der Waals surface area contributed by atoms with E-state index < -0.39 is 0 Å². The lowest BCUT2D eigenvalue weighted by molar-refractivity contribution is -0.126. The topological polar surface area (TPSA) is 97.0 Å². The molecule has 170 valence electrons. The molecule has 1 fully saturated rings. The van der Waals surface area contributed by atoms with Gasteiger partial charge in [-0.05, 0) is 36.2 Å². The second kappa shape index (κ2) is 11.9. The number of nitrogens with one attached hydrogen (secondary N) is 2. The average Bonchev–Trinajstić information content (AvgIpc) is 3.21. The fourth-order valence-corrected chi connectivity index (χ4v) is 3.42. The first-order chi connectivity index (χ1) is 15.6. The van der Waals surface area contributed by atoms with Crippen LogP contribution in [-0.4, -0.2) is 51.1 Å². The Hall–Kier alpha value is -3.39. The molecule has 0 radical (unpaired) electrons. The summed E-state index contributed by atoms with van der Waals surface area (Å²) in [5.74, 6) is -0.251. The van der Waals surface area contributed by atoms with E-state index >= 15 is 0 Å². The summed E-state index contributed by atoms with van der Waals surface area (Å²) in [5, 5.41) is 5.66. The summed E-state index contributed by atoms with van der Waals surface area (Å²) in [6.45, 7) is 1.80. The van der Waals surface area contributed by atoms with E-state index in [0.29, 0.717) is 37.7 Å². The zero-order valence-corrected chi connectivity index (χ0v) is 18.2. The molecule has 0 bridgehead atoms. The molecule has 0 unspecified atom stereocenters. The number of anilines is 1. The van der Waals surface area contributed by atoms with Crippen molar-refractivity contribution >= 4 is 23.4 Å². The zero-order chi connectivity index (χ0) is 22.8. The Morgan fingerprint density at radius 2 is 1.81 bits per heavy atom. The number of amides is 3. The summed E-state index contributed by atoms with van der Waals surface area (Å²) in [6.07, 6.45) is 0.925. The van der Waals surface area contributed by atoms with E-state index in [4.69, 9.17) is 9.47 Å². The fraction of sp³-hybridized carbons (Fsp3) is 0.375. The number of hydrogen-bond donors (Lipinski definition) is 2. The van der Waals surface area contributed by atoms with Gasteiger partial charge >= 0.3 is 0 Å². The number of rotatable bonds is 11. The summed E-state index contributed by atoms with van der Waals surface area (Å²) in [4.78, 5) is 38.3. The van der Waals surface area contributed by atoms with Gasteiger partial charge in [-0.2, -0.15) is 0 Å². The molecule has 8 nitrogen and oxygen atoms in total. The van der Waals surface area contributed by atoms with E-state index in [9.17, 15) is 14.4 Å². The van der Waals surface area contributed by atoms with Gasteiger partial charge in [-0.1, -0.05) is 30.3 Å². The Balaban J connectivity index is 1.44. The Morgan fingerprint density at radius 1 is 1.06 bits per heavy atom. The monoisotopic (exact) mass is 439 g/mol. The Labute approximate surface area is 187 Å². The predicted octanol–water partition coefficient (Wildman–Crippen LogP) is 1.89. The van der Waals surface area contributed by atoms with Crippen LogP contribution in [0.15, 0.2) is 54.6 Å². The number of methoxy groups -OCH3 is 1. The van der Waals surface area contributed by atoms with Gasteiger partial charge in [0.15, 0.2) is 6.61 Å². The van der Waals surface area contributed by atoms with Gasteiger partial charge in [0.2, 0.25) is 11.8 Å². The molecular formula is C24H29N3O5. The highest BCUT2D eigenvalue weighted by Gasteiger charge is 2.34. The Bertz CT molecular complexity index is 902. The summed E-state index contributed by atoms with van der Waals surface area (Å²) >= 11 is 0. The first-order valence-electron chi connectivity index (χ1n) is 10.7. The fourth-order valence-electron chi connectivity index (χ4n) is 3.42. The molecule has 2 aromatic carbocycles. The first kappa shape index (κ1) is 23.3. The van der Waals surface area contributed by atoms with Gasteiger partial charge in [0.05, 0.1) is 5.92 Å². The average molecular weight is 440 g/mol. The minimum Gasteiger partial charge on any atom is -0.484 e. The lowest BCUT2D eigenvalue weighted by Gasteiger charge is -2.17. The Morgan fingerprint density at radius 3 is 2.53 bits per heavy atom.